The second-order valence-corrected chi connectivity index (χ2v) is 11.8. The fourth-order valence-electron chi connectivity index (χ4n) is 7.79. The van der Waals surface area contributed by atoms with Crippen LogP contribution in [0.2, 0.25) is 0 Å². The Hall–Kier alpha value is -3.13. The molecule has 1 saturated carbocycles. The first-order valence-electron chi connectivity index (χ1n) is 13.1. The Kier molecular flexibility index (Phi) is 5.56. The van der Waals surface area contributed by atoms with E-state index in [1.807, 2.05) is 6.92 Å². The maximum Gasteiger partial charge on any atom is 0.417 e. The highest BCUT2D eigenvalue weighted by molar-refractivity contribution is 6.14. The summed E-state index contributed by atoms with van der Waals surface area (Å²) >= 11 is 0. The number of likely N-dealkylation sites (N-methyl/N-ethyl adjacent to an activating group) is 1. The number of Topliss-reactive ketones (excluding diaryl/α,β-unsaturated/α-hetero) is 1. The van der Waals surface area contributed by atoms with Crippen molar-refractivity contribution in [1.29, 1.82) is 0 Å². The summed E-state index contributed by atoms with van der Waals surface area (Å²) in [5.74, 6) is -8.82. The zero-order valence-electron chi connectivity index (χ0n) is 22.0. The number of alkyl halides is 3. The Morgan fingerprint density at radius 3 is 2.48 bits per heavy atom. The number of fused-ring (bicyclic) bond motifs is 2. The van der Waals surface area contributed by atoms with Crippen LogP contribution in [0.4, 0.5) is 13.2 Å². The number of hydrogen-bond acceptors (Lipinski definition) is 9. The number of ketones is 1. The first kappa shape index (κ1) is 27.1. The molecule has 1 amide bonds. The number of rotatable bonds is 3. The lowest BCUT2D eigenvalue weighted by Gasteiger charge is -2.46. The second-order valence-electron chi connectivity index (χ2n) is 11.8. The number of aliphatic hydroxyl groups excluding tert-OH is 2. The number of nitrogens with two attached hydrogens (primary N) is 1. The molecule has 7 atom stereocenters. The Labute approximate surface area is 226 Å². The molecule has 0 bridgehead atoms. The van der Waals surface area contributed by atoms with E-state index in [0.29, 0.717) is 13.0 Å². The first-order chi connectivity index (χ1) is 18.6. The molecule has 7 N–H and O–H groups in total. The summed E-state index contributed by atoms with van der Waals surface area (Å²) in [6, 6.07) is -0.715. The Morgan fingerprint density at radius 1 is 1.25 bits per heavy atom. The lowest BCUT2D eigenvalue weighted by Crippen LogP contribution is -2.60. The van der Waals surface area contributed by atoms with Gasteiger partial charge in [-0.05, 0) is 68.9 Å². The zero-order valence-corrected chi connectivity index (χ0v) is 22.0. The molecule has 13 heteroatoms. The molecule has 2 heterocycles. The Bertz CT molecular complexity index is 1440. The molecule has 0 aromatic heterocycles. The number of phenols is 1. The number of carbonyl (C=O) groups is 2. The van der Waals surface area contributed by atoms with Crippen molar-refractivity contribution in [3.05, 3.63) is 45.2 Å². The van der Waals surface area contributed by atoms with Crippen LogP contribution in [0.3, 0.4) is 0 Å². The van der Waals surface area contributed by atoms with Crippen molar-refractivity contribution in [2.75, 3.05) is 20.6 Å². The minimum absolute atomic E-state index is 0.0772. The van der Waals surface area contributed by atoms with Gasteiger partial charge in [-0.15, -0.1) is 0 Å². The van der Waals surface area contributed by atoms with E-state index in [2.05, 4.69) is 5.32 Å². The Balaban J connectivity index is 1.56. The molecule has 5 aliphatic rings. The van der Waals surface area contributed by atoms with Gasteiger partial charge in [-0.25, -0.2) is 0 Å². The fraction of sp³-hybridized carbons (Fsp3) is 0.556. The number of aliphatic hydroxyl groups is 3. The molecule has 1 spiro atoms. The van der Waals surface area contributed by atoms with Crippen molar-refractivity contribution in [2.45, 2.75) is 55.8 Å². The van der Waals surface area contributed by atoms with Gasteiger partial charge in [0, 0.05) is 17.5 Å². The number of benzene rings is 1. The lowest BCUT2D eigenvalue weighted by molar-refractivity contribution is -0.139. The van der Waals surface area contributed by atoms with Gasteiger partial charge in [0.1, 0.15) is 22.8 Å². The van der Waals surface area contributed by atoms with E-state index in [1.54, 1.807) is 14.1 Å². The average Bonchev–Trinajstić information content (AvgIpc) is 3.23. The number of hydrogen-bond donors (Lipinski definition) is 6. The summed E-state index contributed by atoms with van der Waals surface area (Å²) in [6.45, 7) is 2.33. The summed E-state index contributed by atoms with van der Waals surface area (Å²) in [5.41, 5.74) is 0.449. The highest BCUT2D eigenvalue weighted by Gasteiger charge is 2.86. The number of carbonyl (C=O) groups excluding carboxylic acids is 2. The fourth-order valence-corrected chi connectivity index (χ4v) is 7.79. The molecule has 3 unspecified atom stereocenters. The van der Waals surface area contributed by atoms with Gasteiger partial charge in [0.05, 0.1) is 17.2 Å². The largest absolute Gasteiger partial charge is 0.510 e. The Morgan fingerprint density at radius 2 is 1.93 bits per heavy atom. The van der Waals surface area contributed by atoms with Crippen molar-refractivity contribution in [2.24, 2.45) is 23.5 Å². The van der Waals surface area contributed by atoms with E-state index in [0.717, 1.165) is 6.07 Å². The normalized spacial score (nSPS) is 36.8. The number of ether oxygens (including phenoxy) is 1. The molecule has 0 radical (unpaired) electrons. The van der Waals surface area contributed by atoms with Crippen LogP contribution in [-0.2, 0) is 26.9 Å². The predicted octanol–water partition coefficient (Wildman–Crippen LogP) is 1.81. The van der Waals surface area contributed by atoms with Crippen molar-refractivity contribution < 1.29 is 47.9 Å². The van der Waals surface area contributed by atoms with Crippen molar-refractivity contribution in [3.8, 4) is 5.75 Å². The molecule has 10 nitrogen and oxygen atoms in total. The van der Waals surface area contributed by atoms with Crippen LogP contribution in [0.1, 0.15) is 48.1 Å². The van der Waals surface area contributed by atoms with Gasteiger partial charge in [0.25, 0.3) is 5.91 Å². The van der Waals surface area contributed by atoms with Gasteiger partial charge in [-0.1, -0.05) is 6.92 Å². The summed E-state index contributed by atoms with van der Waals surface area (Å²) in [6.07, 6.45) is -4.60. The van der Waals surface area contributed by atoms with Crippen LogP contribution >= 0.6 is 0 Å². The van der Waals surface area contributed by atoms with Gasteiger partial charge >= 0.3 is 6.18 Å². The van der Waals surface area contributed by atoms with E-state index < -0.39 is 87.1 Å². The van der Waals surface area contributed by atoms with E-state index in [-0.39, 0.29) is 35.5 Å². The smallest absolute Gasteiger partial charge is 0.417 e. The summed E-state index contributed by atoms with van der Waals surface area (Å²) < 4.78 is 49.6. The van der Waals surface area contributed by atoms with Crippen LogP contribution in [-0.4, -0.2) is 75.1 Å². The van der Waals surface area contributed by atoms with Gasteiger partial charge in [0.15, 0.2) is 5.60 Å². The quantitative estimate of drug-likeness (QED) is 0.299. The third kappa shape index (κ3) is 3.20. The van der Waals surface area contributed by atoms with Crippen LogP contribution < -0.4 is 11.1 Å². The lowest BCUT2D eigenvalue weighted by atomic mass is 9.58. The monoisotopic (exact) mass is 565 g/mol. The number of primary amides is 1. The number of aromatic hydroxyl groups is 1. The molecule has 216 valence electrons. The summed E-state index contributed by atoms with van der Waals surface area (Å²) in [4.78, 5) is 27.8. The number of epoxide rings is 1. The second kappa shape index (κ2) is 8.21. The summed E-state index contributed by atoms with van der Waals surface area (Å²) in [5, 5.41) is 47.6. The maximum absolute atomic E-state index is 14.7. The number of halogens is 3. The van der Waals surface area contributed by atoms with Gasteiger partial charge in [0.2, 0.25) is 11.6 Å². The molecule has 1 aromatic carbocycles. The van der Waals surface area contributed by atoms with E-state index >= 15 is 0 Å². The molecule has 3 aliphatic carbocycles. The van der Waals surface area contributed by atoms with Gasteiger partial charge < -0.3 is 36.2 Å². The first-order valence-corrected chi connectivity index (χ1v) is 13.1. The standard InChI is InChI=1S/C27H30F3N3O7/c1-9-4-5-32-19(9)12-8-14(34)16-11(17(12)27(28,29)30)6-10-7-13-20(33(2)3)22(36)18(24(31)38)26(39)25(13,40-26)23(37)15(10)21(16)35/h8-10,13,19-20,32,34-36,39H,4-7H2,1-3H3,(H2,31,38)/t9?,10-,13-,19?,20-,25-,26?/m0/s1. The molecule has 2 aliphatic heterocycles. The average molecular weight is 566 g/mol. The van der Waals surface area contributed by atoms with Crippen LogP contribution in [0.5, 0.6) is 5.75 Å². The molecule has 2 saturated heterocycles. The topological polar surface area (TPSA) is 169 Å². The van der Waals surface area contributed by atoms with Crippen molar-refractivity contribution in [1.82, 2.24) is 10.2 Å². The van der Waals surface area contributed by atoms with Crippen molar-refractivity contribution in [3.63, 3.8) is 0 Å². The zero-order chi connectivity index (χ0) is 29.3. The molecule has 40 heavy (non-hydrogen) atoms. The van der Waals surface area contributed by atoms with Crippen LogP contribution in [0.15, 0.2) is 23.0 Å². The van der Waals surface area contributed by atoms with Crippen LogP contribution in [0.25, 0.3) is 5.76 Å². The highest BCUT2D eigenvalue weighted by Crippen LogP contribution is 2.67. The minimum atomic E-state index is -4.83. The minimum Gasteiger partial charge on any atom is -0.510 e. The van der Waals surface area contributed by atoms with Gasteiger partial charge in [-0.2, -0.15) is 13.2 Å². The number of amides is 1. The highest BCUT2D eigenvalue weighted by atomic mass is 19.4. The number of nitrogens with zero attached hydrogens (tertiary/aromatic N) is 1. The SMILES string of the molecule is CC1CCNC1c1cc(O)c2c(c1C(F)(F)F)C[C@H]1C[C@H]3[C@H](N(C)C)C(O)=C(C(N)=O)C4(O)O[C@]34C(=O)C1=C2O. The van der Waals surface area contributed by atoms with Crippen molar-refractivity contribution >= 4 is 17.4 Å². The molecule has 3 fully saturated rings. The summed E-state index contributed by atoms with van der Waals surface area (Å²) in [7, 11) is 3.12. The van der Waals surface area contributed by atoms with Crippen LogP contribution in [0, 0.1) is 17.8 Å². The third-order valence-corrected chi connectivity index (χ3v) is 9.41. The molecular weight excluding hydrogens is 535 g/mol. The molecule has 1 aromatic rings. The van der Waals surface area contributed by atoms with E-state index in [4.69, 9.17) is 10.5 Å². The van der Waals surface area contributed by atoms with E-state index in [9.17, 15) is 43.2 Å². The van der Waals surface area contributed by atoms with Gasteiger partial charge in [-0.3, -0.25) is 14.5 Å². The molecular formula is C27H30F3N3O7. The number of phenolic OH excluding ortho intramolecular Hbond substituents is 1. The predicted molar refractivity (Wildman–Crippen MR) is 133 cm³/mol. The number of nitrogens with one attached hydrogen (secondary N) is 1. The van der Waals surface area contributed by atoms with E-state index in [1.165, 1.54) is 4.90 Å². The molecule has 6 rings (SSSR count). The maximum atomic E-state index is 14.7. The third-order valence-electron chi connectivity index (χ3n) is 9.41.